The average Bonchev–Trinajstić information content (AvgIpc) is 3.41. The van der Waals surface area contributed by atoms with Crippen molar-refractivity contribution < 1.29 is 4.79 Å². The lowest BCUT2D eigenvalue weighted by Gasteiger charge is -2.10. The van der Waals surface area contributed by atoms with Crippen molar-refractivity contribution in [3.05, 3.63) is 52.8 Å². The number of fused-ring (bicyclic) bond motifs is 1. The molecule has 0 saturated carbocycles. The van der Waals surface area contributed by atoms with Crippen LogP contribution in [0.5, 0.6) is 0 Å². The van der Waals surface area contributed by atoms with Gasteiger partial charge in [0.2, 0.25) is 5.91 Å². The van der Waals surface area contributed by atoms with E-state index < -0.39 is 0 Å². The Kier molecular flexibility index (Phi) is 7.90. The topological polar surface area (TPSA) is 88.5 Å². The van der Waals surface area contributed by atoms with Crippen LogP contribution in [0, 0.1) is 0 Å². The van der Waals surface area contributed by atoms with E-state index in [0.29, 0.717) is 15.2 Å². The number of halogens is 2. The van der Waals surface area contributed by atoms with Crippen molar-refractivity contribution in [1.29, 1.82) is 0 Å². The van der Waals surface area contributed by atoms with E-state index in [4.69, 9.17) is 23.2 Å². The highest BCUT2D eigenvalue weighted by molar-refractivity contribution is 7.99. The number of nitrogens with zero attached hydrogens (tertiary/aromatic N) is 4. The molecule has 10 heteroatoms. The zero-order chi connectivity index (χ0) is 23.2. The minimum atomic E-state index is -0.231. The van der Waals surface area contributed by atoms with Gasteiger partial charge in [-0.2, -0.15) is 0 Å². The molecule has 172 valence electrons. The maximum atomic E-state index is 12.5. The highest BCUT2D eigenvalue weighted by Crippen LogP contribution is 2.30. The van der Waals surface area contributed by atoms with Gasteiger partial charge in [0.15, 0.2) is 16.8 Å². The molecule has 0 bridgehead atoms. The molecule has 2 N–H and O–H groups in total. The molecule has 0 aliphatic carbocycles. The molecule has 4 aromatic rings. The first kappa shape index (κ1) is 23.6. The molecule has 7 nitrogen and oxygen atoms in total. The maximum Gasteiger partial charge on any atom is 0.236 e. The Balaban J connectivity index is 1.52. The van der Waals surface area contributed by atoms with Gasteiger partial charge in [0.25, 0.3) is 0 Å². The quantitative estimate of drug-likeness (QED) is 0.192. The van der Waals surface area contributed by atoms with E-state index in [-0.39, 0.29) is 17.5 Å². The van der Waals surface area contributed by atoms with Crippen molar-refractivity contribution in [2.75, 3.05) is 11.1 Å². The second-order valence-electron chi connectivity index (χ2n) is 7.59. The Bertz CT molecular complexity index is 1250. The van der Waals surface area contributed by atoms with Gasteiger partial charge in [-0.15, -0.1) is 10.2 Å². The molecule has 3 heterocycles. The number of para-hydroxylation sites is 1. The summed E-state index contributed by atoms with van der Waals surface area (Å²) in [6.45, 7) is 2.98. The summed E-state index contributed by atoms with van der Waals surface area (Å²) >= 11 is 13.3. The zero-order valence-corrected chi connectivity index (χ0v) is 20.5. The number of unbranched alkanes of at least 4 members (excludes halogenated alkanes) is 3. The second-order valence-corrected chi connectivity index (χ2v) is 9.37. The fourth-order valence-corrected chi connectivity index (χ4v) is 4.75. The molecular formula is C23H24Cl2N6OS. The van der Waals surface area contributed by atoms with Crippen molar-refractivity contribution in [3.8, 4) is 11.4 Å². The van der Waals surface area contributed by atoms with E-state index in [1.54, 1.807) is 6.07 Å². The first-order valence-electron chi connectivity index (χ1n) is 10.8. The number of aromatic nitrogens is 5. The third-order valence-electron chi connectivity index (χ3n) is 5.18. The van der Waals surface area contributed by atoms with Crippen molar-refractivity contribution in [2.45, 2.75) is 44.3 Å². The molecule has 0 saturated heterocycles. The van der Waals surface area contributed by atoms with Gasteiger partial charge in [-0.05, 0) is 18.6 Å². The molecule has 1 amide bonds. The molecule has 4 rings (SSSR count). The highest BCUT2D eigenvalue weighted by atomic mass is 35.5. The van der Waals surface area contributed by atoms with Crippen molar-refractivity contribution in [3.63, 3.8) is 0 Å². The molecule has 0 aliphatic rings. The zero-order valence-electron chi connectivity index (χ0n) is 18.1. The van der Waals surface area contributed by atoms with Gasteiger partial charge in [0.05, 0.1) is 15.8 Å². The summed E-state index contributed by atoms with van der Waals surface area (Å²) in [5.41, 5.74) is 2.05. The predicted molar refractivity (Wildman–Crippen MR) is 135 cm³/mol. The van der Waals surface area contributed by atoms with E-state index in [1.165, 1.54) is 30.8 Å². The summed E-state index contributed by atoms with van der Waals surface area (Å²) in [5.74, 6) is 1.01. The molecule has 3 aromatic heterocycles. The number of hydrogen-bond acceptors (Lipinski definition) is 5. The standard InChI is InChI=1S/C23H24Cl2N6OS/c1-2-3-4-7-10-31-22(17-13-26-19-9-6-5-8-16(17)19)29-30-23(31)33-14-20(32)28-21-18(25)11-15(24)12-27-21/h5-6,8-9,11-13,26H,2-4,7,10,14H2,1H3,(H,27,28,32). The molecule has 0 unspecified atom stereocenters. The van der Waals surface area contributed by atoms with Crippen LogP contribution in [0.15, 0.2) is 47.9 Å². The number of nitrogens with one attached hydrogen (secondary N) is 2. The predicted octanol–water partition coefficient (Wildman–Crippen LogP) is 6.44. The molecule has 0 fully saturated rings. The number of carbonyl (C=O) groups is 1. The Morgan fingerprint density at radius 2 is 2.03 bits per heavy atom. The molecule has 0 radical (unpaired) electrons. The number of anilines is 1. The normalized spacial score (nSPS) is 11.2. The summed E-state index contributed by atoms with van der Waals surface area (Å²) < 4.78 is 2.11. The van der Waals surface area contributed by atoms with E-state index in [0.717, 1.165) is 41.7 Å². The van der Waals surface area contributed by atoms with Crippen LogP contribution in [0.2, 0.25) is 10.0 Å². The van der Waals surface area contributed by atoms with E-state index in [1.807, 2.05) is 24.4 Å². The van der Waals surface area contributed by atoms with Crippen LogP contribution in [0.25, 0.3) is 22.3 Å². The first-order chi connectivity index (χ1) is 16.1. The maximum absolute atomic E-state index is 12.5. The van der Waals surface area contributed by atoms with Crippen LogP contribution in [-0.2, 0) is 11.3 Å². The minimum Gasteiger partial charge on any atom is -0.360 e. The number of carbonyl (C=O) groups excluding carboxylic acids is 1. The Morgan fingerprint density at radius 1 is 1.18 bits per heavy atom. The number of thioether (sulfide) groups is 1. The summed E-state index contributed by atoms with van der Waals surface area (Å²) in [5, 5.41) is 14.1. The van der Waals surface area contributed by atoms with Gasteiger partial charge in [-0.3, -0.25) is 4.79 Å². The number of H-pyrrole nitrogens is 1. The fourth-order valence-electron chi connectivity index (χ4n) is 3.55. The SMILES string of the molecule is CCCCCCn1c(SCC(=O)Nc2ncc(Cl)cc2Cl)nnc1-c1c[nH]c2ccccc12. The molecule has 1 aromatic carbocycles. The number of aromatic amines is 1. The smallest absolute Gasteiger partial charge is 0.236 e. The third kappa shape index (κ3) is 5.69. The van der Waals surface area contributed by atoms with Crippen LogP contribution in [0.4, 0.5) is 5.82 Å². The number of hydrogen-bond donors (Lipinski definition) is 2. The van der Waals surface area contributed by atoms with E-state index in [9.17, 15) is 4.79 Å². The first-order valence-corrected chi connectivity index (χ1v) is 12.5. The Morgan fingerprint density at radius 3 is 2.85 bits per heavy atom. The molecule has 0 aliphatic heterocycles. The van der Waals surface area contributed by atoms with E-state index in [2.05, 4.69) is 43.0 Å². The lowest BCUT2D eigenvalue weighted by atomic mass is 10.1. The van der Waals surface area contributed by atoms with Crippen molar-refractivity contribution in [2.24, 2.45) is 0 Å². The van der Waals surface area contributed by atoms with Gasteiger partial charge in [0, 0.05) is 35.4 Å². The van der Waals surface area contributed by atoms with Gasteiger partial charge in [-0.25, -0.2) is 4.98 Å². The number of amides is 1. The molecular weight excluding hydrogens is 479 g/mol. The number of pyridine rings is 1. The minimum absolute atomic E-state index is 0.154. The summed E-state index contributed by atoms with van der Waals surface area (Å²) in [7, 11) is 0. The van der Waals surface area contributed by atoms with Crippen LogP contribution in [-0.4, -0.2) is 36.4 Å². The van der Waals surface area contributed by atoms with Crippen LogP contribution in [0.1, 0.15) is 32.6 Å². The largest absolute Gasteiger partial charge is 0.360 e. The summed E-state index contributed by atoms with van der Waals surface area (Å²) in [6.07, 6.45) is 7.91. The average molecular weight is 503 g/mol. The summed E-state index contributed by atoms with van der Waals surface area (Å²) in [4.78, 5) is 19.9. The Hall–Kier alpha value is -2.55. The van der Waals surface area contributed by atoms with Gasteiger partial charge in [-0.1, -0.05) is 79.3 Å². The van der Waals surface area contributed by atoms with Gasteiger partial charge >= 0.3 is 0 Å². The number of benzene rings is 1. The van der Waals surface area contributed by atoms with Crippen molar-refractivity contribution in [1.82, 2.24) is 24.7 Å². The molecule has 0 atom stereocenters. The van der Waals surface area contributed by atoms with Crippen molar-refractivity contribution >= 4 is 57.6 Å². The van der Waals surface area contributed by atoms with Gasteiger partial charge < -0.3 is 14.9 Å². The molecule has 33 heavy (non-hydrogen) atoms. The lowest BCUT2D eigenvalue weighted by molar-refractivity contribution is -0.113. The van der Waals surface area contributed by atoms with Crippen LogP contribution >= 0.6 is 35.0 Å². The van der Waals surface area contributed by atoms with E-state index >= 15 is 0 Å². The fraction of sp³-hybridized carbons (Fsp3) is 0.304. The number of rotatable bonds is 10. The molecule has 0 spiro atoms. The summed E-state index contributed by atoms with van der Waals surface area (Å²) in [6, 6.07) is 9.66. The monoisotopic (exact) mass is 502 g/mol. The second kappa shape index (κ2) is 11.0. The Labute approximate surface area is 206 Å². The highest BCUT2D eigenvalue weighted by Gasteiger charge is 2.18. The van der Waals surface area contributed by atoms with Crippen LogP contribution < -0.4 is 5.32 Å². The van der Waals surface area contributed by atoms with Crippen LogP contribution in [0.3, 0.4) is 0 Å². The lowest BCUT2D eigenvalue weighted by Crippen LogP contribution is -2.16. The van der Waals surface area contributed by atoms with Gasteiger partial charge in [0.1, 0.15) is 0 Å². The third-order valence-corrected chi connectivity index (χ3v) is 6.64.